The van der Waals surface area contributed by atoms with Crippen molar-refractivity contribution in [1.29, 1.82) is 0 Å². The van der Waals surface area contributed by atoms with Crippen molar-refractivity contribution in [1.82, 2.24) is 0 Å². The zero-order chi connectivity index (χ0) is 14.3. The summed E-state index contributed by atoms with van der Waals surface area (Å²) in [6, 6.07) is 7.86. The predicted octanol–water partition coefficient (Wildman–Crippen LogP) is 3.59. The molecule has 0 heterocycles. The van der Waals surface area contributed by atoms with Crippen LogP contribution in [-0.4, -0.2) is 26.4 Å². The molecule has 0 aliphatic heterocycles. The average molecular weight is 262 g/mol. The van der Waals surface area contributed by atoms with Crippen molar-refractivity contribution in [3.05, 3.63) is 35.8 Å². The number of hydrogen-bond acceptors (Lipinski definition) is 3. The Hall–Kier alpha value is -1.26. The highest BCUT2D eigenvalue weighted by atomic mass is 16.6. The van der Waals surface area contributed by atoms with E-state index in [4.69, 9.17) is 14.0 Å². The lowest BCUT2D eigenvalue weighted by Crippen LogP contribution is -2.27. The lowest BCUT2D eigenvalue weighted by Gasteiger charge is -2.16. The molecule has 1 rings (SSSR count). The summed E-state index contributed by atoms with van der Waals surface area (Å²) in [6.45, 7) is 7.98. The summed E-state index contributed by atoms with van der Waals surface area (Å²) >= 11 is 0. The molecule has 0 spiro atoms. The Kier molecular flexibility index (Phi) is 6.67. The first-order chi connectivity index (χ1) is 9.01. The van der Waals surface area contributed by atoms with Crippen molar-refractivity contribution in [3.63, 3.8) is 0 Å². The van der Waals surface area contributed by atoms with E-state index < -0.39 is 0 Å². The van der Waals surface area contributed by atoms with Crippen LogP contribution < -0.4 is 4.74 Å². The van der Waals surface area contributed by atoms with Gasteiger partial charge in [0.15, 0.2) is 0 Å². The van der Waals surface area contributed by atoms with Gasteiger partial charge in [-0.15, -0.1) is 0 Å². The molecule has 19 heavy (non-hydrogen) atoms. The number of hydrogen-bond donors (Lipinski definition) is 0. The molecule has 4 heteroatoms. The normalized spacial score (nSPS) is 11.5. The number of ether oxygens (including phenoxy) is 1. The van der Waals surface area contributed by atoms with Gasteiger partial charge >= 0.3 is 7.12 Å². The van der Waals surface area contributed by atoms with E-state index in [1.165, 1.54) is 0 Å². The van der Waals surface area contributed by atoms with Gasteiger partial charge in [0.2, 0.25) is 0 Å². The second kappa shape index (κ2) is 8.02. The molecule has 0 saturated carbocycles. The Morgan fingerprint density at radius 1 is 1.05 bits per heavy atom. The number of rotatable bonds is 7. The van der Waals surface area contributed by atoms with Gasteiger partial charge in [-0.3, -0.25) is 0 Å². The third-order valence-electron chi connectivity index (χ3n) is 2.35. The van der Waals surface area contributed by atoms with Crippen molar-refractivity contribution in [3.8, 4) is 5.75 Å². The van der Waals surface area contributed by atoms with E-state index in [0.717, 1.165) is 11.3 Å². The Morgan fingerprint density at radius 2 is 1.68 bits per heavy atom. The third-order valence-corrected chi connectivity index (χ3v) is 2.35. The minimum atomic E-state index is -0.328. The molecular weight excluding hydrogens is 239 g/mol. The number of benzene rings is 1. The molecule has 0 amide bonds. The molecule has 0 aromatic heterocycles. The van der Waals surface area contributed by atoms with Gasteiger partial charge in [0.05, 0.1) is 7.11 Å². The maximum absolute atomic E-state index is 5.70. The summed E-state index contributed by atoms with van der Waals surface area (Å²) in [4.78, 5) is 0. The molecule has 104 valence electrons. The van der Waals surface area contributed by atoms with Crippen molar-refractivity contribution < 1.29 is 14.0 Å². The SMILES string of the molecule is COc1cccc(/C=C/B(OC(C)C)OC(C)C)c1. The van der Waals surface area contributed by atoms with E-state index in [0.29, 0.717) is 0 Å². The van der Waals surface area contributed by atoms with Crippen molar-refractivity contribution in [2.24, 2.45) is 0 Å². The fraction of sp³-hybridized carbons (Fsp3) is 0.467. The molecule has 1 aromatic rings. The Labute approximate surface area is 116 Å². The summed E-state index contributed by atoms with van der Waals surface area (Å²) in [7, 11) is 1.33. The molecular formula is C15H23BO3. The van der Waals surface area contributed by atoms with Gasteiger partial charge in [-0.05, 0) is 45.4 Å². The van der Waals surface area contributed by atoms with Gasteiger partial charge < -0.3 is 14.0 Å². The summed E-state index contributed by atoms with van der Waals surface area (Å²) in [6.07, 6.45) is 2.23. The molecule has 0 bridgehead atoms. The Balaban J connectivity index is 2.72. The van der Waals surface area contributed by atoms with Gasteiger partial charge in [0, 0.05) is 12.2 Å². The van der Waals surface area contributed by atoms with Crippen LogP contribution in [0, 0.1) is 0 Å². The quantitative estimate of drug-likeness (QED) is 0.703. The second-order valence-electron chi connectivity index (χ2n) is 4.87. The van der Waals surface area contributed by atoms with Gasteiger partial charge in [-0.1, -0.05) is 24.2 Å². The molecule has 0 aliphatic carbocycles. The molecule has 0 unspecified atom stereocenters. The topological polar surface area (TPSA) is 27.7 Å². The average Bonchev–Trinajstić information content (AvgIpc) is 2.35. The van der Waals surface area contributed by atoms with E-state index in [1.807, 2.05) is 64.0 Å². The third kappa shape index (κ3) is 6.46. The van der Waals surface area contributed by atoms with E-state index in [1.54, 1.807) is 7.11 Å². The smallest absolute Gasteiger partial charge is 0.486 e. The van der Waals surface area contributed by atoms with E-state index in [9.17, 15) is 0 Å². The van der Waals surface area contributed by atoms with Crippen LogP contribution in [0.4, 0.5) is 0 Å². The molecule has 3 nitrogen and oxygen atoms in total. The standard InChI is InChI=1S/C15H23BO3/c1-12(2)18-16(19-13(3)4)10-9-14-7-6-8-15(11-14)17-5/h6-13H,1-5H3/b10-9+. The zero-order valence-electron chi connectivity index (χ0n) is 12.4. The van der Waals surface area contributed by atoms with Gasteiger partial charge in [0.25, 0.3) is 0 Å². The molecule has 0 atom stereocenters. The second-order valence-corrected chi connectivity index (χ2v) is 4.87. The monoisotopic (exact) mass is 262 g/mol. The first kappa shape index (κ1) is 15.8. The van der Waals surface area contributed by atoms with Crippen LogP contribution in [0.15, 0.2) is 30.2 Å². The molecule has 0 aliphatic rings. The van der Waals surface area contributed by atoms with Crippen LogP contribution in [0.2, 0.25) is 0 Å². The van der Waals surface area contributed by atoms with Crippen LogP contribution in [0.1, 0.15) is 33.3 Å². The summed E-state index contributed by atoms with van der Waals surface area (Å²) < 4.78 is 16.6. The highest BCUT2D eigenvalue weighted by molar-refractivity contribution is 6.51. The van der Waals surface area contributed by atoms with Gasteiger partial charge in [-0.25, -0.2) is 0 Å². The van der Waals surface area contributed by atoms with Crippen LogP contribution in [-0.2, 0) is 9.31 Å². The summed E-state index contributed by atoms with van der Waals surface area (Å²) in [5.41, 5.74) is 1.06. The fourth-order valence-corrected chi connectivity index (χ4v) is 1.59. The maximum Gasteiger partial charge on any atom is 0.486 e. The molecule has 1 aromatic carbocycles. The van der Waals surface area contributed by atoms with Gasteiger partial charge in [-0.2, -0.15) is 0 Å². The summed E-state index contributed by atoms with van der Waals surface area (Å²) in [5, 5.41) is 0. The lowest BCUT2D eigenvalue weighted by molar-refractivity contribution is 0.138. The Bertz CT molecular complexity index is 392. The molecule has 0 fully saturated rings. The molecule has 0 saturated heterocycles. The van der Waals surface area contributed by atoms with E-state index >= 15 is 0 Å². The van der Waals surface area contributed by atoms with Gasteiger partial charge in [0.1, 0.15) is 5.75 Å². The zero-order valence-corrected chi connectivity index (χ0v) is 12.4. The van der Waals surface area contributed by atoms with Crippen LogP contribution in [0.5, 0.6) is 5.75 Å². The predicted molar refractivity (Wildman–Crippen MR) is 80.2 cm³/mol. The van der Waals surface area contributed by atoms with Crippen LogP contribution >= 0.6 is 0 Å². The summed E-state index contributed by atoms with van der Waals surface area (Å²) in [5.74, 6) is 2.77. The maximum atomic E-state index is 5.70. The van der Waals surface area contributed by atoms with E-state index in [2.05, 4.69) is 0 Å². The van der Waals surface area contributed by atoms with Crippen molar-refractivity contribution in [2.75, 3.05) is 7.11 Å². The van der Waals surface area contributed by atoms with Crippen LogP contribution in [0.25, 0.3) is 6.08 Å². The Morgan fingerprint density at radius 3 is 2.21 bits per heavy atom. The fourth-order valence-electron chi connectivity index (χ4n) is 1.59. The first-order valence-electron chi connectivity index (χ1n) is 6.64. The first-order valence-corrected chi connectivity index (χ1v) is 6.64. The minimum Gasteiger partial charge on any atom is -0.497 e. The van der Waals surface area contributed by atoms with Crippen LogP contribution in [0.3, 0.4) is 0 Å². The minimum absolute atomic E-state index is 0.124. The van der Waals surface area contributed by atoms with Crippen molar-refractivity contribution in [2.45, 2.75) is 39.9 Å². The molecule has 0 radical (unpaired) electrons. The molecule has 0 N–H and O–H groups in total. The highest BCUT2D eigenvalue weighted by Crippen LogP contribution is 2.14. The van der Waals surface area contributed by atoms with E-state index in [-0.39, 0.29) is 19.3 Å². The highest BCUT2D eigenvalue weighted by Gasteiger charge is 2.17. The van der Waals surface area contributed by atoms with Crippen molar-refractivity contribution >= 4 is 13.2 Å². The largest absolute Gasteiger partial charge is 0.497 e. The number of methoxy groups -OCH3 is 1. The lowest BCUT2D eigenvalue weighted by atomic mass is 9.87.